The van der Waals surface area contributed by atoms with Gasteiger partial charge >= 0.3 is 0 Å². The van der Waals surface area contributed by atoms with Crippen molar-refractivity contribution in [2.75, 3.05) is 25.6 Å². The molecule has 0 bridgehead atoms. The summed E-state index contributed by atoms with van der Waals surface area (Å²) in [5.41, 5.74) is 0. The van der Waals surface area contributed by atoms with E-state index >= 15 is 0 Å². The minimum Gasteiger partial charge on any atom is -0.381 e. The molecule has 0 aliphatic carbocycles. The van der Waals surface area contributed by atoms with Gasteiger partial charge in [0.15, 0.2) is 0 Å². The summed E-state index contributed by atoms with van der Waals surface area (Å²) in [5, 5.41) is 3.06. The maximum Gasteiger partial charge on any atom is 0.202 e. The molecule has 1 atom stereocenters. The number of aromatic nitrogens is 2. The molecule has 1 N–H and O–H groups in total. The van der Waals surface area contributed by atoms with Crippen molar-refractivity contribution in [3.05, 3.63) is 12.4 Å². The van der Waals surface area contributed by atoms with Crippen molar-refractivity contribution in [3.63, 3.8) is 0 Å². The van der Waals surface area contributed by atoms with Crippen molar-refractivity contribution < 1.29 is 4.74 Å². The van der Waals surface area contributed by atoms with E-state index in [0.29, 0.717) is 5.92 Å². The molecule has 1 aliphatic heterocycles. The Kier molecular flexibility index (Phi) is 2.49. The van der Waals surface area contributed by atoms with Gasteiger partial charge in [-0.15, -0.1) is 0 Å². The number of hydrogen-bond donors (Lipinski definition) is 1. The normalized spacial score (nSPS) is 22.1. The van der Waals surface area contributed by atoms with E-state index in [4.69, 9.17) is 4.74 Å². The highest BCUT2D eigenvalue weighted by molar-refractivity contribution is 5.24. The van der Waals surface area contributed by atoms with Crippen LogP contribution in [0.1, 0.15) is 6.42 Å². The molecule has 1 aromatic rings. The van der Waals surface area contributed by atoms with Crippen LogP contribution >= 0.6 is 0 Å². The molecule has 1 aliphatic rings. The summed E-state index contributed by atoms with van der Waals surface area (Å²) in [6.45, 7) is 2.81. The maximum atomic E-state index is 5.33. The minimum atomic E-state index is 0.654. The van der Waals surface area contributed by atoms with Gasteiger partial charge in [0.25, 0.3) is 0 Å². The van der Waals surface area contributed by atoms with Gasteiger partial charge in [-0.2, -0.15) is 0 Å². The zero-order valence-corrected chi connectivity index (χ0v) is 7.86. The zero-order chi connectivity index (χ0) is 9.10. The lowest BCUT2D eigenvalue weighted by atomic mass is 10.1. The van der Waals surface area contributed by atoms with Gasteiger partial charge in [-0.25, -0.2) is 4.98 Å². The zero-order valence-electron chi connectivity index (χ0n) is 7.86. The average Bonchev–Trinajstić information content (AvgIpc) is 2.76. The van der Waals surface area contributed by atoms with Crippen molar-refractivity contribution in [2.45, 2.75) is 13.0 Å². The van der Waals surface area contributed by atoms with Gasteiger partial charge in [0.1, 0.15) is 0 Å². The van der Waals surface area contributed by atoms with Crippen molar-refractivity contribution in [3.8, 4) is 0 Å². The summed E-state index contributed by atoms with van der Waals surface area (Å²) in [6, 6.07) is 0. The van der Waals surface area contributed by atoms with Crippen LogP contribution < -0.4 is 5.32 Å². The smallest absolute Gasteiger partial charge is 0.202 e. The van der Waals surface area contributed by atoms with Crippen LogP contribution in [0.5, 0.6) is 0 Å². The highest BCUT2D eigenvalue weighted by Crippen LogP contribution is 2.16. The second-order valence-corrected chi connectivity index (χ2v) is 3.38. The van der Waals surface area contributed by atoms with E-state index in [9.17, 15) is 0 Å². The van der Waals surface area contributed by atoms with Gasteiger partial charge in [0, 0.05) is 38.5 Å². The lowest BCUT2D eigenvalue weighted by molar-refractivity contribution is 0.182. The molecule has 0 aromatic carbocycles. The number of nitrogens with zero attached hydrogens (tertiary/aromatic N) is 2. The molecule has 72 valence electrons. The molecule has 1 aromatic heterocycles. The summed E-state index contributed by atoms with van der Waals surface area (Å²) >= 11 is 0. The Morgan fingerprint density at radius 1 is 1.77 bits per heavy atom. The number of rotatable bonds is 3. The molecule has 0 radical (unpaired) electrons. The average molecular weight is 181 g/mol. The van der Waals surface area contributed by atoms with Gasteiger partial charge in [-0.3, -0.25) is 0 Å². The fraction of sp³-hybridized carbons (Fsp3) is 0.667. The first kappa shape index (κ1) is 8.56. The quantitative estimate of drug-likeness (QED) is 0.755. The number of anilines is 1. The van der Waals surface area contributed by atoms with E-state index in [2.05, 4.69) is 14.9 Å². The Morgan fingerprint density at radius 2 is 2.69 bits per heavy atom. The van der Waals surface area contributed by atoms with E-state index in [1.165, 1.54) is 6.42 Å². The predicted molar refractivity (Wildman–Crippen MR) is 50.7 cm³/mol. The second-order valence-electron chi connectivity index (χ2n) is 3.38. The third kappa shape index (κ3) is 1.83. The molecule has 2 heterocycles. The van der Waals surface area contributed by atoms with Crippen LogP contribution in [0, 0.1) is 5.92 Å². The highest BCUT2D eigenvalue weighted by Gasteiger charge is 2.16. The first-order chi connectivity index (χ1) is 6.40. The van der Waals surface area contributed by atoms with Crippen molar-refractivity contribution >= 4 is 5.95 Å². The SMILES string of the molecule is CNc1nccn1CC1CCOC1. The minimum absolute atomic E-state index is 0.654. The molecule has 1 fully saturated rings. The molecule has 1 unspecified atom stereocenters. The van der Waals surface area contributed by atoms with Crippen molar-refractivity contribution in [1.82, 2.24) is 9.55 Å². The third-order valence-electron chi connectivity index (χ3n) is 2.42. The van der Waals surface area contributed by atoms with Gasteiger partial charge < -0.3 is 14.6 Å². The molecule has 0 spiro atoms. The Labute approximate surface area is 77.9 Å². The van der Waals surface area contributed by atoms with E-state index in [-0.39, 0.29) is 0 Å². The summed E-state index contributed by atoms with van der Waals surface area (Å²) in [6.07, 6.45) is 4.99. The first-order valence-corrected chi connectivity index (χ1v) is 4.67. The van der Waals surface area contributed by atoms with Crippen molar-refractivity contribution in [1.29, 1.82) is 0 Å². The standard InChI is InChI=1S/C9H15N3O/c1-10-9-11-3-4-12(9)6-8-2-5-13-7-8/h3-4,8H,2,5-7H2,1H3,(H,10,11). The molecule has 4 nitrogen and oxygen atoms in total. The van der Waals surface area contributed by atoms with Crippen LogP contribution in [0.25, 0.3) is 0 Å². The summed E-state index contributed by atoms with van der Waals surface area (Å²) in [4.78, 5) is 4.19. The molecule has 2 rings (SSSR count). The van der Waals surface area contributed by atoms with Gasteiger partial charge in [-0.05, 0) is 6.42 Å². The maximum absolute atomic E-state index is 5.33. The van der Waals surface area contributed by atoms with E-state index in [0.717, 1.165) is 25.7 Å². The Bertz CT molecular complexity index is 266. The Morgan fingerprint density at radius 3 is 3.38 bits per heavy atom. The Balaban J connectivity index is 1.99. The topological polar surface area (TPSA) is 39.1 Å². The molecule has 0 saturated carbocycles. The number of imidazole rings is 1. The van der Waals surface area contributed by atoms with E-state index in [1.54, 1.807) is 0 Å². The van der Waals surface area contributed by atoms with Gasteiger partial charge in [0.2, 0.25) is 5.95 Å². The summed E-state index contributed by atoms with van der Waals surface area (Å²) < 4.78 is 7.46. The van der Waals surface area contributed by atoms with Crippen LogP contribution in [-0.2, 0) is 11.3 Å². The fourth-order valence-corrected chi connectivity index (χ4v) is 1.69. The van der Waals surface area contributed by atoms with Gasteiger partial charge in [-0.1, -0.05) is 0 Å². The largest absolute Gasteiger partial charge is 0.381 e. The monoisotopic (exact) mass is 181 g/mol. The number of ether oxygens (including phenoxy) is 1. The number of nitrogens with one attached hydrogen (secondary N) is 1. The fourth-order valence-electron chi connectivity index (χ4n) is 1.69. The van der Waals surface area contributed by atoms with Crippen LogP contribution in [0.2, 0.25) is 0 Å². The summed E-state index contributed by atoms with van der Waals surface area (Å²) in [7, 11) is 1.89. The van der Waals surface area contributed by atoms with Crippen LogP contribution in [0.15, 0.2) is 12.4 Å². The molecule has 1 saturated heterocycles. The van der Waals surface area contributed by atoms with Crippen LogP contribution in [0.3, 0.4) is 0 Å². The van der Waals surface area contributed by atoms with Crippen molar-refractivity contribution in [2.24, 2.45) is 5.92 Å². The van der Waals surface area contributed by atoms with Crippen LogP contribution in [0.4, 0.5) is 5.95 Å². The first-order valence-electron chi connectivity index (χ1n) is 4.67. The van der Waals surface area contributed by atoms with Crippen LogP contribution in [-0.4, -0.2) is 29.8 Å². The molecule has 0 amide bonds. The lowest BCUT2D eigenvalue weighted by Crippen LogP contribution is -2.12. The predicted octanol–water partition coefficient (Wildman–Crippen LogP) is 0.961. The molecular weight excluding hydrogens is 166 g/mol. The molecule has 4 heteroatoms. The lowest BCUT2D eigenvalue weighted by Gasteiger charge is -2.10. The number of hydrogen-bond acceptors (Lipinski definition) is 3. The summed E-state index contributed by atoms with van der Waals surface area (Å²) in [5.74, 6) is 1.59. The third-order valence-corrected chi connectivity index (χ3v) is 2.42. The van der Waals surface area contributed by atoms with Gasteiger partial charge in [0.05, 0.1) is 6.61 Å². The molecular formula is C9H15N3O. The second kappa shape index (κ2) is 3.79. The van der Waals surface area contributed by atoms with E-state index in [1.807, 2.05) is 19.4 Å². The molecule has 13 heavy (non-hydrogen) atoms. The highest BCUT2D eigenvalue weighted by atomic mass is 16.5. The Hall–Kier alpha value is -1.03. The van der Waals surface area contributed by atoms with E-state index < -0.39 is 0 Å².